The number of aryl methyl sites for hydroxylation is 2. The number of fused-ring (bicyclic) bond motifs is 2. The maximum atomic E-state index is 5.85. The molecule has 0 saturated carbocycles. The molecular formula is C37H32IrN8O-2. The quantitative estimate of drug-likeness (QED) is 0.162. The molecule has 1 radical (unpaired) electrons. The molecule has 4 heterocycles. The van der Waals surface area contributed by atoms with Crippen LogP contribution >= 0.6 is 0 Å². The Bertz CT molecular complexity index is 1940. The molecule has 6 aromatic rings. The minimum atomic E-state index is -0.342. The first-order valence-corrected chi connectivity index (χ1v) is 15.0. The van der Waals surface area contributed by atoms with Crippen molar-refractivity contribution in [2.45, 2.75) is 20.2 Å². The summed E-state index contributed by atoms with van der Waals surface area (Å²) in [6.45, 7) is 6.19. The van der Waals surface area contributed by atoms with Gasteiger partial charge in [0.15, 0.2) is 11.6 Å². The average Bonchev–Trinajstić information content (AvgIpc) is 3.66. The predicted octanol–water partition coefficient (Wildman–Crippen LogP) is 8.00. The van der Waals surface area contributed by atoms with E-state index in [1.54, 1.807) is 31.9 Å². The third-order valence-corrected chi connectivity index (χ3v) is 7.85. The van der Waals surface area contributed by atoms with Crippen LogP contribution in [0.3, 0.4) is 0 Å². The number of hydrogen-bond acceptors (Lipinski definition) is 9. The summed E-state index contributed by atoms with van der Waals surface area (Å²) >= 11 is 0. The fourth-order valence-corrected chi connectivity index (χ4v) is 5.71. The second-order valence-corrected chi connectivity index (χ2v) is 10.7. The molecular weight excluding hydrogens is 765 g/mol. The van der Waals surface area contributed by atoms with Gasteiger partial charge in [0.25, 0.3) is 0 Å². The zero-order chi connectivity index (χ0) is 31.5. The summed E-state index contributed by atoms with van der Waals surface area (Å²) in [5.74, 6) is 3.23. The normalized spacial score (nSPS) is 14.6. The van der Waals surface area contributed by atoms with Crippen molar-refractivity contribution in [1.82, 2.24) is 19.9 Å². The molecule has 47 heavy (non-hydrogen) atoms. The van der Waals surface area contributed by atoms with Gasteiger partial charge in [-0.15, -0.1) is 12.4 Å². The maximum absolute atomic E-state index is 5.85. The molecule has 0 amide bonds. The Hall–Kier alpha value is -5.15. The van der Waals surface area contributed by atoms with E-state index in [0.29, 0.717) is 0 Å². The Morgan fingerprint density at radius 2 is 1.13 bits per heavy atom. The summed E-state index contributed by atoms with van der Waals surface area (Å²) in [7, 11) is 1.71. The van der Waals surface area contributed by atoms with E-state index >= 15 is 0 Å². The molecule has 2 aliphatic heterocycles. The van der Waals surface area contributed by atoms with E-state index < -0.39 is 0 Å². The minimum Gasteiger partial charge on any atom is -0.477 e. The van der Waals surface area contributed by atoms with E-state index in [-0.39, 0.29) is 26.5 Å². The molecule has 0 aliphatic carbocycles. The summed E-state index contributed by atoms with van der Waals surface area (Å²) in [4.78, 5) is 26.4. The smallest absolute Gasteiger partial charge is 0.221 e. The Balaban J connectivity index is 0.000000161. The van der Waals surface area contributed by atoms with Gasteiger partial charge in [-0.3, -0.25) is 9.80 Å². The minimum absolute atomic E-state index is 0. The number of methoxy groups -OCH3 is 1. The summed E-state index contributed by atoms with van der Waals surface area (Å²) in [5, 5.41) is 0. The molecule has 9 nitrogen and oxygen atoms in total. The van der Waals surface area contributed by atoms with Gasteiger partial charge in [-0.1, -0.05) is 54.6 Å². The molecule has 0 N–H and O–H groups in total. The molecule has 0 fully saturated rings. The van der Waals surface area contributed by atoms with Crippen molar-refractivity contribution < 1.29 is 24.8 Å². The van der Waals surface area contributed by atoms with Crippen molar-refractivity contribution >= 4 is 46.0 Å². The number of anilines is 8. The number of para-hydroxylation sites is 4. The molecule has 2 aliphatic rings. The van der Waals surface area contributed by atoms with E-state index in [0.717, 1.165) is 51.6 Å². The van der Waals surface area contributed by atoms with Crippen LogP contribution in [-0.2, 0) is 24.8 Å². The summed E-state index contributed by atoms with van der Waals surface area (Å²) in [6, 6.07) is 37.7. The summed E-state index contributed by atoms with van der Waals surface area (Å²) in [5.41, 5.74) is 6.47. The van der Waals surface area contributed by atoms with Crippen LogP contribution in [0.15, 0.2) is 128 Å². The number of rotatable bonds is 5. The van der Waals surface area contributed by atoms with Crippen LogP contribution in [0.25, 0.3) is 0 Å². The van der Waals surface area contributed by atoms with Crippen LogP contribution in [0.2, 0.25) is 0 Å². The Labute approximate surface area is 288 Å². The van der Waals surface area contributed by atoms with E-state index in [1.807, 2.05) is 90.4 Å². The van der Waals surface area contributed by atoms with Gasteiger partial charge in [0.05, 0.1) is 0 Å². The van der Waals surface area contributed by atoms with Crippen molar-refractivity contribution in [1.29, 1.82) is 0 Å². The number of nitrogens with zero attached hydrogens (tertiary/aromatic N) is 8. The molecule has 0 saturated heterocycles. The number of ether oxygens (including phenoxy) is 1. The van der Waals surface area contributed by atoms with Gasteiger partial charge in [0.2, 0.25) is 6.35 Å². The maximum Gasteiger partial charge on any atom is 0.221 e. The van der Waals surface area contributed by atoms with Crippen molar-refractivity contribution in [2.24, 2.45) is 0 Å². The van der Waals surface area contributed by atoms with Gasteiger partial charge in [0, 0.05) is 69.1 Å². The van der Waals surface area contributed by atoms with Crippen molar-refractivity contribution in [3.8, 4) is 0 Å². The molecule has 237 valence electrons. The molecule has 0 bridgehead atoms. The molecule has 2 aromatic heterocycles. The van der Waals surface area contributed by atoms with Crippen molar-refractivity contribution in [2.75, 3.05) is 26.7 Å². The Kier molecular flexibility index (Phi) is 9.54. The van der Waals surface area contributed by atoms with E-state index in [1.165, 1.54) is 5.56 Å². The fourth-order valence-electron chi connectivity index (χ4n) is 5.71. The van der Waals surface area contributed by atoms with Crippen LogP contribution in [0.1, 0.15) is 11.1 Å². The molecule has 8 rings (SSSR count). The van der Waals surface area contributed by atoms with Crippen LogP contribution in [0.5, 0.6) is 0 Å². The summed E-state index contributed by atoms with van der Waals surface area (Å²) < 4.78 is 5.85. The van der Waals surface area contributed by atoms with Gasteiger partial charge >= 0.3 is 0 Å². The van der Waals surface area contributed by atoms with Gasteiger partial charge in [-0.25, -0.2) is 19.9 Å². The van der Waals surface area contributed by atoms with Crippen LogP contribution < -0.4 is 19.6 Å². The third kappa shape index (κ3) is 6.06. The van der Waals surface area contributed by atoms with Crippen LogP contribution in [-0.4, -0.2) is 33.4 Å². The van der Waals surface area contributed by atoms with E-state index in [4.69, 9.17) is 4.74 Å². The van der Waals surface area contributed by atoms with Crippen molar-refractivity contribution in [3.05, 3.63) is 152 Å². The Morgan fingerprint density at radius 3 is 1.72 bits per heavy atom. The standard InChI is InChI=1S/C19H18N4O.C18H14N4.Ir/c1-14-8-6-7-11-16(14)23-18-17(20-12-13-21-18)22(19(23)24-2)15-9-4-3-5-10-15;1-14-7-5-6-10-16(14)22-13-21(15-8-3-2-4-9-15)17-18(22)20-12-11-19-17;/h3-13,19H,1-2H3;2-8,10-13H,1H3;/q;-2;. The van der Waals surface area contributed by atoms with Gasteiger partial charge in [0.1, 0.15) is 11.6 Å². The third-order valence-electron chi connectivity index (χ3n) is 7.85. The fraction of sp³-hybridized carbons (Fsp3) is 0.108. The second kappa shape index (κ2) is 14.1. The van der Waals surface area contributed by atoms with Crippen LogP contribution in [0.4, 0.5) is 46.0 Å². The summed E-state index contributed by atoms with van der Waals surface area (Å²) in [6.07, 6.45) is 6.51. The van der Waals surface area contributed by atoms with E-state index in [9.17, 15) is 0 Å². The topological polar surface area (TPSA) is 73.8 Å². The number of hydrogen-bond donors (Lipinski definition) is 0. The van der Waals surface area contributed by atoms with Crippen LogP contribution in [0, 0.1) is 26.6 Å². The van der Waals surface area contributed by atoms with Gasteiger partial charge in [-0.2, -0.15) is 30.3 Å². The monoisotopic (exact) mass is 797 g/mol. The number of aromatic nitrogens is 4. The molecule has 1 unspecified atom stereocenters. The zero-order valence-electron chi connectivity index (χ0n) is 26.1. The van der Waals surface area contributed by atoms with E-state index in [2.05, 4.69) is 78.8 Å². The SMILES string of the molecule is COC1N(c2ccccc2)c2nccnc2N1c1ccccc1C.Cc1ccccc1N1[CH-]N(c2[c-]cccc2)c2nccnc21.[Ir]. The first-order chi connectivity index (χ1) is 22.7. The molecule has 4 aromatic carbocycles. The first-order valence-electron chi connectivity index (χ1n) is 15.0. The average molecular weight is 797 g/mol. The van der Waals surface area contributed by atoms with Crippen molar-refractivity contribution in [3.63, 3.8) is 0 Å². The predicted molar refractivity (Wildman–Crippen MR) is 182 cm³/mol. The molecule has 1 atom stereocenters. The largest absolute Gasteiger partial charge is 0.477 e. The zero-order valence-corrected chi connectivity index (χ0v) is 28.5. The first kappa shape index (κ1) is 31.8. The Morgan fingerprint density at radius 1 is 0.596 bits per heavy atom. The van der Waals surface area contributed by atoms with Gasteiger partial charge in [-0.05, 0) is 49.2 Å². The number of benzene rings is 4. The van der Waals surface area contributed by atoms with Gasteiger partial charge < -0.3 is 14.5 Å². The molecule has 0 spiro atoms. The molecule has 10 heteroatoms. The second-order valence-electron chi connectivity index (χ2n) is 10.7.